The highest BCUT2D eigenvalue weighted by molar-refractivity contribution is 7.98. The summed E-state index contributed by atoms with van der Waals surface area (Å²) in [6, 6.07) is 20.8. The average molecular weight is 363 g/mol. The first kappa shape index (κ1) is 17.7. The largest absolute Gasteiger partial charge is 0.329 e. The van der Waals surface area contributed by atoms with Crippen molar-refractivity contribution in [1.82, 2.24) is 5.43 Å². The van der Waals surface area contributed by atoms with Gasteiger partial charge in [0.1, 0.15) is 0 Å². The molecule has 0 aromatic heterocycles. The third-order valence-electron chi connectivity index (χ3n) is 3.74. The zero-order valence-electron chi connectivity index (χ0n) is 14.1. The summed E-state index contributed by atoms with van der Waals surface area (Å²) in [4.78, 5) is 25.2. The summed E-state index contributed by atoms with van der Waals surface area (Å²) >= 11 is 1.64. The van der Waals surface area contributed by atoms with Crippen molar-refractivity contribution in [3.8, 4) is 0 Å². The van der Waals surface area contributed by atoms with E-state index in [1.54, 1.807) is 17.8 Å². The molecule has 0 radical (unpaired) electrons. The van der Waals surface area contributed by atoms with Crippen LogP contribution in [0.3, 0.4) is 0 Å². The Bertz CT molecular complexity index is 963. The SMILES string of the molecule is CSc1ccc(C=NNC(=O)C(=O)Nc2cccc3ccccc23)cc1. The lowest BCUT2D eigenvalue weighted by molar-refractivity contribution is -0.136. The molecule has 3 aromatic rings. The average Bonchev–Trinajstić information content (AvgIpc) is 2.68. The normalized spacial score (nSPS) is 10.8. The molecule has 0 unspecified atom stereocenters. The van der Waals surface area contributed by atoms with E-state index in [-0.39, 0.29) is 0 Å². The Morgan fingerprint density at radius 3 is 2.42 bits per heavy atom. The van der Waals surface area contributed by atoms with Crippen LogP contribution in [0.25, 0.3) is 10.8 Å². The second kappa shape index (κ2) is 8.31. The summed E-state index contributed by atoms with van der Waals surface area (Å²) in [6.07, 6.45) is 3.49. The lowest BCUT2D eigenvalue weighted by Crippen LogP contribution is -2.32. The van der Waals surface area contributed by atoms with Crippen molar-refractivity contribution in [3.63, 3.8) is 0 Å². The van der Waals surface area contributed by atoms with Gasteiger partial charge in [-0.25, -0.2) is 5.43 Å². The van der Waals surface area contributed by atoms with Crippen LogP contribution in [0.2, 0.25) is 0 Å². The summed E-state index contributed by atoms with van der Waals surface area (Å²) in [5, 5.41) is 8.30. The molecule has 130 valence electrons. The van der Waals surface area contributed by atoms with Gasteiger partial charge < -0.3 is 5.32 Å². The molecule has 0 aliphatic rings. The van der Waals surface area contributed by atoms with Gasteiger partial charge in [-0.15, -0.1) is 11.8 Å². The van der Waals surface area contributed by atoms with Crippen LogP contribution in [0.1, 0.15) is 5.56 Å². The standard InChI is InChI=1S/C20H17N3O2S/c1-26-16-11-9-14(10-12-16)13-21-23-20(25)19(24)22-18-8-4-6-15-5-2-3-7-17(15)18/h2-13H,1H3,(H,22,24)(H,23,25). The van der Waals surface area contributed by atoms with Crippen LogP contribution < -0.4 is 10.7 Å². The number of hydrogen-bond acceptors (Lipinski definition) is 4. The summed E-state index contributed by atoms with van der Waals surface area (Å²) in [5.41, 5.74) is 3.66. The van der Waals surface area contributed by atoms with Crippen LogP contribution >= 0.6 is 11.8 Å². The monoisotopic (exact) mass is 363 g/mol. The minimum atomic E-state index is -0.824. The third-order valence-corrected chi connectivity index (χ3v) is 4.48. The summed E-state index contributed by atoms with van der Waals surface area (Å²) < 4.78 is 0. The molecule has 3 aromatic carbocycles. The number of hydrogen-bond donors (Lipinski definition) is 2. The molecule has 0 bridgehead atoms. The zero-order chi connectivity index (χ0) is 18.4. The lowest BCUT2D eigenvalue weighted by Gasteiger charge is -2.07. The minimum absolute atomic E-state index is 0.583. The van der Waals surface area contributed by atoms with E-state index < -0.39 is 11.8 Å². The summed E-state index contributed by atoms with van der Waals surface area (Å²) in [7, 11) is 0. The summed E-state index contributed by atoms with van der Waals surface area (Å²) in [6.45, 7) is 0. The first-order valence-corrected chi connectivity index (χ1v) is 9.16. The van der Waals surface area contributed by atoms with Gasteiger partial charge in [0.2, 0.25) is 0 Å². The smallest absolute Gasteiger partial charge is 0.317 e. The quantitative estimate of drug-likeness (QED) is 0.322. The van der Waals surface area contributed by atoms with Gasteiger partial charge in [-0.05, 0) is 35.4 Å². The minimum Gasteiger partial charge on any atom is -0.317 e. The molecule has 0 saturated heterocycles. The third kappa shape index (κ3) is 4.29. The van der Waals surface area contributed by atoms with E-state index in [9.17, 15) is 9.59 Å². The van der Waals surface area contributed by atoms with E-state index in [1.807, 2.05) is 66.9 Å². The molecule has 0 spiro atoms. The van der Waals surface area contributed by atoms with Crippen molar-refractivity contribution in [2.75, 3.05) is 11.6 Å². The van der Waals surface area contributed by atoms with Crippen molar-refractivity contribution in [2.24, 2.45) is 5.10 Å². The first-order chi connectivity index (χ1) is 12.7. The highest BCUT2D eigenvalue weighted by Gasteiger charge is 2.14. The highest BCUT2D eigenvalue weighted by atomic mass is 32.2. The van der Waals surface area contributed by atoms with E-state index in [1.165, 1.54) is 6.21 Å². The Balaban J connectivity index is 1.62. The number of thioether (sulfide) groups is 1. The fourth-order valence-electron chi connectivity index (χ4n) is 2.42. The van der Waals surface area contributed by atoms with Gasteiger partial charge in [-0.1, -0.05) is 48.5 Å². The van der Waals surface area contributed by atoms with Crippen molar-refractivity contribution in [1.29, 1.82) is 0 Å². The van der Waals surface area contributed by atoms with Gasteiger partial charge in [0, 0.05) is 16.0 Å². The second-order valence-corrected chi connectivity index (χ2v) is 6.33. The number of benzene rings is 3. The van der Waals surface area contributed by atoms with Crippen molar-refractivity contribution >= 4 is 46.3 Å². The van der Waals surface area contributed by atoms with E-state index in [4.69, 9.17) is 0 Å². The van der Waals surface area contributed by atoms with Crippen LogP contribution in [-0.2, 0) is 9.59 Å². The van der Waals surface area contributed by atoms with E-state index in [0.717, 1.165) is 21.2 Å². The molecule has 0 saturated carbocycles. The van der Waals surface area contributed by atoms with Gasteiger partial charge in [-0.2, -0.15) is 5.10 Å². The number of carbonyl (C=O) groups is 2. The molecule has 3 rings (SSSR count). The van der Waals surface area contributed by atoms with Crippen LogP contribution in [-0.4, -0.2) is 24.3 Å². The van der Waals surface area contributed by atoms with Crippen molar-refractivity contribution < 1.29 is 9.59 Å². The fraction of sp³-hybridized carbons (Fsp3) is 0.0500. The maximum Gasteiger partial charge on any atom is 0.329 e. The number of nitrogens with zero attached hydrogens (tertiary/aromatic N) is 1. The zero-order valence-corrected chi connectivity index (χ0v) is 14.9. The van der Waals surface area contributed by atoms with Crippen LogP contribution in [0.4, 0.5) is 5.69 Å². The van der Waals surface area contributed by atoms with E-state index in [2.05, 4.69) is 15.8 Å². The molecule has 0 aliphatic carbocycles. The van der Waals surface area contributed by atoms with Crippen LogP contribution in [0.15, 0.2) is 76.7 Å². The number of amides is 2. The molecule has 0 fully saturated rings. The Labute approximate surface area is 155 Å². The molecule has 5 nitrogen and oxygen atoms in total. The van der Waals surface area contributed by atoms with Gasteiger partial charge in [0.15, 0.2) is 0 Å². The number of nitrogens with one attached hydrogen (secondary N) is 2. The van der Waals surface area contributed by atoms with Crippen molar-refractivity contribution in [2.45, 2.75) is 4.90 Å². The molecule has 0 heterocycles. The molecule has 6 heteroatoms. The predicted octanol–water partition coefficient (Wildman–Crippen LogP) is 3.65. The van der Waals surface area contributed by atoms with Crippen molar-refractivity contribution in [3.05, 3.63) is 72.3 Å². The maximum absolute atomic E-state index is 12.1. The number of fused-ring (bicyclic) bond motifs is 1. The lowest BCUT2D eigenvalue weighted by atomic mass is 10.1. The van der Waals surface area contributed by atoms with Gasteiger partial charge in [0.05, 0.1) is 6.21 Å². The molecule has 0 atom stereocenters. The van der Waals surface area contributed by atoms with Gasteiger partial charge in [0.25, 0.3) is 0 Å². The van der Waals surface area contributed by atoms with Gasteiger partial charge in [-0.3, -0.25) is 9.59 Å². The molecular weight excluding hydrogens is 346 g/mol. The molecule has 2 N–H and O–H groups in total. The number of rotatable bonds is 4. The highest BCUT2D eigenvalue weighted by Crippen LogP contribution is 2.22. The number of anilines is 1. The second-order valence-electron chi connectivity index (χ2n) is 5.45. The summed E-state index contributed by atoms with van der Waals surface area (Å²) in [5.74, 6) is -1.59. The Kier molecular flexibility index (Phi) is 5.66. The maximum atomic E-state index is 12.1. The Hall–Kier alpha value is -3.12. The molecular formula is C20H17N3O2S. The Morgan fingerprint density at radius 1 is 0.923 bits per heavy atom. The van der Waals surface area contributed by atoms with E-state index in [0.29, 0.717) is 5.69 Å². The topological polar surface area (TPSA) is 70.6 Å². The van der Waals surface area contributed by atoms with Gasteiger partial charge >= 0.3 is 11.8 Å². The first-order valence-electron chi connectivity index (χ1n) is 7.93. The molecule has 2 amide bonds. The van der Waals surface area contributed by atoms with Crippen LogP contribution in [0.5, 0.6) is 0 Å². The Morgan fingerprint density at radius 2 is 1.65 bits per heavy atom. The van der Waals surface area contributed by atoms with E-state index >= 15 is 0 Å². The molecule has 0 aliphatic heterocycles. The van der Waals surface area contributed by atoms with Crippen LogP contribution in [0, 0.1) is 0 Å². The molecule has 26 heavy (non-hydrogen) atoms. The predicted molar refractivity (Wildman–Crippen MR) is 107 cm³/mol. The number of hydrazone groups is 1. The fourth-order valence-corrected chi connectivity index (χ4v) is 2.83. The number of carbonyl (C=O) groups excluding carboxylic acids is 2.